The minimum Gasteiger partial charge on any atom is -0.504 e. The van der Waals surface area contributed by atoms with E-state index < -0.39 is 0 Å². The largest absolute Gasteiger partial charge is 0.504 e. The lowest BCUT2D eigenvalue weighted by molar-refractivity contribution is 0.144. The molecule has 0 saturated carbocycles. The second kappa shape index (κ2) is 7.08. The predicted molar refractivity (Wildman–Crippen MR) is 126 cm³/mol. The Morgan fingerprint density at radius 3 is 2.68 bits per heavy atom. The summed E-state index contributed by atoms with van der Waals surface area (Å²) in [7, 11) is 1.60. The van der Waals surface area contributed by atoms with Gasteiger partial charge in [-0.15, -0.1) is 0 Å². The van der Waals surface area contributed by atoms with Crippen molar-refractivity contribution in [1.82, 2.24) is 0 Å². The summed E-state index contributed by atoms with van der Waals surface area (Å²) in [6.45, 7) is 8.80. The van der Waals surface area contributed by atoms with Crippen molar-refractivity contribution in [2.24, 2.45) is 5.92 Å². The van der Waals surface area contributed by atoms with Gasteiger partial charge in [-0.2, -0.15) is 0 Å². The maximum absolute atomic E-state index is 10.5. The Labute approximate surface area is 184 Å². The Bertz CT molecular complexity index is 1130. The molecule has 2 N–H and O–H groups in total. The van der Waals surface area contributed by atoms with Crippen molar-refractivity contribution in [1.29, 1.82) is 0 Å². The molecule has 162 valence electrons. The molecule has 31 heavy (non-hydrogen) atoms. The molecule has 2 aromatic carbocycles. The summed E-state index contributed by atoms with van der Waals surface area (Å²) >= 11 is 0. The summed E-state index contributed by atoms with van der Waals surface area (Å²) < 4.78 is 12.3. The van der Waals surface area contributed by atoms with Crippen LogP contribution in [0.3, 0.4) is 0 Å². The van der Waals surface area contributed by atoms with Crippen LogP contribution in [0.1, 0.15) is 64.2 Å². The molecule has 0 radical (unpaired) electrons. The van der Waals surface area contributed by atoms with Crippen LogP contribution < -0.4 is 14.8 Å². The summed E-state index contributed by atoms with van der Waals surface area (Å²) in [5.41, 5.74) is 8.06. The van der Waals surface area contributed by atoms with E-state index in [1.807, 2.05) is 6.07 Å². The van der Waals surface area contributed by atoms with Gasteiger partial charge in [-0.25, -0.2) is 0 Å². The molecule has 3 aliphatic rings. The van der Waals surface area contributed by atoms with Gasteiger partial charge in [0.2, 0.25) is 0 Å². The Morgan fingerprint density at radius 2 is 1.94 bits per heavy atom. The lowest BCUT2D eigenvalue weighted by Gasteiger charge is -2.40. The maximum atomic E-state index is 10.5. The third-order valence-electron chi connectivity index (χ3n) is 6.78. The van der Waals surface area contributed by atoms with Crippen molar-refractivity contribution in [3.8, 4) is 28.4 Å². The fourth-order valence-corrected chi connectivity index (χ4v) is 5.66. The molecule has 5 rings (SSSR count). The standard InChI is InChI=1S/C27H31NO3/c1-15-7-6-8-17(13-15)25-24-18(23-21(31-25)12-11-20(29)26(23)30-5)9-10-19-22(24)16(2)14-27(3,4)28-19/h9-14,17,25,28-29H,6-8H2,1-5H3/t17-,25-/m0/s1. The molecule has 0 amide bonds. The predicted octanol–water partition coefficient (Wildman–Crippen LogP) is 6.86. The third-order valence-corrected chi connectivity index (χ3v) is 6.78. The molecule has 2 aliphatic heterocycles. The SMILES string of the molecule is COc1c(O)ccc2c1-c1ccc3c(c1[C@H]([C@@H]1C=C(C)CCC1)O2)C(C)=CC(C)(C)N3. The van der Waals surface area contributed by atoms with Crippen molar-refractivity contribution in [2.75, 3.05) is 12.4 Å². The van der Waals surface area contributed by atoms with Gasteiger partial charge in [-0.1, -0.05) is 23.8 Å². The molecule has 0 unspecified atom stereocenters. The number of allylic oxidation sites excluding steroid dienone is 2. The first kappa shape index (κ1) is 20.0. The van der Waals surface area contributed by atoms with Gasteiger partial charge in [-0.05, 0) is 76.3 Å². The van der Waals surface area contributed by atoms with Crippen LogP contribution in [0, 0.1) is 5.92 Å². The van der Waals surface area contributed by atoms with Gasteiger partial charge in [0.05, 0.1) is 18.2 Å². The van der Waals surface area contributed by atoms with Crippen molar-refractivity contribution in [3.05, 3.63) is 53.1 Å². The van der Waals surface area contributed by atoms with E-state index in [0.29, 0.717) is 11.7 Å². The zero-order valence-electron chi connectivity index (χ0n) is 19.0. The molecule has 2 heterocycles. The minimum atomic E-state index is -0.106. The summed E-state index contributed by atoms with van der Waals surface area (Å²) in [6, 6.07) is 7.84. The number of anilines is 1. The van der Waals surface area contributed by atoms with Crippen LogP contribution in [0.2, 0.25) is 0 Å². The van der Waals surface area contributed by atoms with E-state index in [0.717, 1.165) is 35.4 Å². The minimum absolute atomic E-state index is 0.0756. The van der Waals surface area contributed by atoms with Gasteiger partial charge in [0.1, 0.15) is 11.9 Å². The molecule has 2 atom stereocenters. The zero-order chi connectivity index (χ0) is 21.9. The van der Waals surface area contributed by atoms with Crippen molar-refractivity contribution < 1.29 is 14.6 Å². The summed E-state index contributed by atoms with van der Waals surface area (Å²) in [5.74, 6) is 1.69. The summed E-state index contributed by atoms with van der Waals surface area (Å²) in [6.07, 6.45) is 8.08. The molecular weight excluding hydrogens is 386 g/mol. The first-order valence-corrected chi connectivity index (χ1v) is 11.2. The Hall–Kier alpha value is -2.88. The molecule has 0 bridgehead atoms. The summed E-state index contributed by atoms with van der Waals surface area (Å²) in [5, 5.41) is 14.2. The van der Waals surface area contributed by atoms with Crippen LogP contribution in [-0.4, -0.2) is 17.8 Å². The molecule has 0 fully saturated rings. The van der Waals surface area contributed by atoms with E-state index in [4.69, 9.17) is 9.47 Å². The number of hydrogen-bond donors (Lipinski definition) is 2. The van der Waals surface area contributed by atoms with Crippen LogP contribution in [0.15, 0.2) is 42.0 Å². The normalized spacial score (nSPS) is 23.3. The van der Waals surface area contributed by atoms with Gasteiger partial charge in [0, 0.05) is 22.7 Å². The lowest BCUT2D eigenvalue weighted by Crippen LogP contribution is -2.33. The van der Waals surface area contributed by atoms with Gasteiger partial charge >= 0.3 is 0 Å². The number of nitrogens with one attached hydrogen (secondary N) is 1. The van der Waals surface area contributed by atoms with E-state index in [-0.39, 0.29) is 17.4 Å². The number of rotatable bonds is 2. The smallest absolute Gasteiger partial charge is 0.172 e. The highest BCUT2D eigenvalue weighted by Gasteiger charge is 2.38. The zero-order valence-corrected chi connectivity index (χ0v) is 19.0. The van der Waals surface area contributed by atoms with Gasteiger partial charge < -0.3 is 19.9 Å². The van der Waals surface area contributed by atoms with Crippen LogP contribution >= 0.6 is 0 Å². The number of ether oxygens (including phenoxy) is 2. The number of fused-ring (bicyclic) bond motifs is 5. The van der Waals surface area contributed by atoms with Crippen LogP contribution in [0.4, 0.5) is 5.69 Å². The third kappa shape index (κ3) is 3.20. The fraction of sp³-hybridized carbons (Fsp3) is 0.407. The number of methoxy groups -OCH3 is 1. The molecule has 4 nitrogen and oxygen atoms in total. The molecule has 0 spiro atoms. The highest BCUT2D eigenvalue weighted by molar-refractivity contribution is 5.92. The number of phenols is 1. The van der Waals surface area contributed by atoms with Crippen molar-refractivity contribution >= 4 is 11.3 Å². The topological polar surface area (TPSA) is 50.7 Å². The van der Waals surface area contributed by atoms with E-state index in [1.165, 1.54) is 28.7 Å². The number of hydrogen-bond acceptors (Lipinski definition) is 4. The van der Waals surface area contributed by atoms with E-state index in [1.54, 1.807) is 13.2 Å². The molecule has 1 aliphatic carbocycles. The average Bonchev–Trinajstić information content (AvgIpc) is 2.71. The summed E-state index contributed by atoms with van der Waals surface area (Å²) in [4.78, 5) is 0. The van der Waals surface area contributed by atoms with E-state index >= 15 is 0 Å². The van der Waals surface area contributed by atoms with Gasteiger partial charge in [0.25, 0.3) is 0 Å². The van der Waals surface area contributed by atoms with Gasteiger partial charge in [0.15, 0.2) is 11.5 Å². The van der Waals surface area contributed by atoms with Crippen molar-refractivity contribution in [2.45, 2.75) is 58.6 Å². The highest BCUT2D eigenvalue weighted by atomic mass is 16.5. The van der Waals surface area contributed by atoms with Gasteiger partial charge in [-0.3, -0.25) is 0 Å². The van der Waals surface area contributed by atoms with Crippen molar-refractivity contribution in [3.63, 3.8) is 0 Å². The molecule has 4 heteroatoms. The number of aromatic hydroxyl groups is 1. The molecule has 0 saturated heterocycles. The lowest BCUT2D eigenvalue weighted by atomic mass is 9.76. The Kier molecular flexibility index (Phi) is 4.58. The Morgan fingerprint density at radius 1 is 1.13 bits per heavy atom. The molecule has 0 aromatic heterocycles. The average molecular weight is 418 g/mol. The molecular formula is C27H31NO3. The maximum Gasteiger partial charge on any atom is 0.172 e. The Balaban J connectivity index is 1.80. The fourth-order valence-electron chi connectivity index (χ4n) is 5.66. The van der Waals surface area contributed by atoms with Crippen LogP contribution in [0.5, 0.6) is 17.2 Å². The second-order valence-corrected chi connectivity index (χ2v) is 9.72. The first-order chi connectivity index (χ1) is 14.8. The van der Waals surface area contributed by atoms with E-state index in [2.05, 4.69) is 57.3 Å². The first-order valence-electron chi connectivity index (χ1n) is 11.2. The second-order valence-electron chi connectivity index (χ2n) is 9.72. The molecule has 2 aromatic rings. The van der Waals surface area contributed by atoms with E-state index in [9.17, 15) is 5.11 Å². The monoisotopic (exact) mass is 417 g/mol. The van der Waals surface area contributed by atoms with Crippen LogP contribution in [0.25, 0.3) is 16.7 Å². The quantitative estimate of drug-likeness (QED) is 0.524. The van der Waals surface area contributed by atoms with Crippen LogP contribution in [-0.2, 0) is 0 Å². The highest BCUT2D eigenvalue weighted by Crippen LogP contribution is 2.56. The number of benzene rings is 2. The number of phenolic OH excluding ortho intramolecular Hbond substituents is 1.